The quantitative estimate of drug-likeness (QED) is 0.829. The molecule has 24 heavy (non-hydrogen) atoms. The van der Waals surface area contributed by atoms with E-state index in [2.05, 4.69) is 0 Å². The van der Waals surface area contributed by atoms with Crippen LogP contribution < -0.4 is 9.47 Å². The molecule has 0 aromatic heterocycles. The number of fused-ring (bicyclic) bond motifs is 1. The topological polar surface area (TPSA) is 59.1 Å². The summed E-state index contributed by atoms with van der Waals surface area (Å²) in [5, 5.41) is 0. The van der Waals surface area contributed by atoms with Crippen molar-refractivity contribution in [2.24, 2.45) is 0 Å². The zero-order valence-corrected chi connectivity index (χ0v) is 14.1. The molecule has 6 heteroatoms. The molecule has 130 valence electrons. The van der Waals surface area contributed by atoms with Crippen molar-refractivity contribution in [1.82, 2.24) is 9.80 Å². The van der Waals surface area contributed by atoms with E-state index in [9.17, 15) is 9.59 Å². The molecule has 0 saturated carbocycles. The van der Waals surface area contributed by atoms with Gasteiger partial charge in [0, 0.05) is 39.5 Å². The number of benzene rings is 1. The van der Waals surface area contributed by atoms with E-state index in [4.69, 9.17) is 9.47 Å². The van der Waals surface area contributed by atoms with Crippen molar-refractivity contribution in [2.75, 3.05) is 26.4 Å². The molecule has 2 amide bonds. The third kappa shape index (κ3) is 3.99. The Hall–Kier alpha value is -2.24. The normalized spacial score (nSPS) is 16.1. The lowest BCUT2D eigenvalue weighted by Crippen LogP contribution is -2.38. The van der Waals surface area contributed by atoms with Crippen molar-refractivity contribution < 1.29 is 19.1 Å². The monoisotopic (exact) mass is 332 g/mol. The molecule has 0 spiro atoms. The van der Waals surface area contributed by atoms with Gasteiger partial charge < -0.3 is 19.3 Å². The molecule has 0 atom stereocenters. The zero-order valence-electron chi connectivity index (χ0n) is 14.1. The van der Waals surface area contributed by atoms with Crippen LogP contribution >= 0.6 is 0 Å². The second kappa shape index (κ2) is 7.55. The van der Waals surface area contributed by atoms with Crippen LogP contribution in [0.2, 0.25) is 0 Å². The van der Waals surface area contributed by atoms with E-state index in [0.29, 0.717) is 25.3 Å². The Morgan fingerprint density at radius 1 is 1.12 bits per heavy atom. The van der Waals surface area contributed by atoms with E-state index >= 15 is 0 Å². The van der Waals surface area contributed by atoms with Gasteiger partial charge in [-0.05, 0) is 37.0 Å². The average Bonchev–Trinajstić information content (AvgIpc) is 3.06. The lowest BCUT2D eigenvalue weighted by atomic mass is 10.1. The number of piperidine rings is 1. The van der Waals surface area contributed by atoms with Crippen LogP contribution in [0.1, 0.15) is 38.2 Å². The SMILES string of the molecule is CC(=O)N(CCC(=O)N1CCCCC1)Cc1ccc2c(c1)OCO2. The van der Waals surface area contributed by atoms with Crippen LogP contribution in [0.15, 0.2) is 18.2 Å². The van der Waals surface area contributed by atoms with E-state index in [-0.39, 0.29) is 18.6 Å². The van der Waals surface area contributed by atoms with E-state index < -0.39 is 0 Å². The van der Waals surface area contributed by atoms with Crippen molar-refractivity contribution in [2.45, 2.75) is 39.2 Å². The first-order valence-electron chi connectivity index (χ1n) is 8.55. The summed E-state index contributed by atoms with van der Waals surface area (Å²) in [6, 6.07) is 5.68. The lowest BCUT2D eigenvalue weighted by Gasteiger charge is -2.28. The predicted octanol–water partition coefficient (Wildman–Crippen LogP) is 2.17. The van der Waals surface area contributed by atoms with Crippen molar-refractivity contribution in [1.29, 1.82) is 0 Å². The molecule has 0 bridgehead atoms. The predicted molar refractivity (Wildman–Crippen MR) is 88.7 cm³/mol. The highest BCUT2D eigenvalue weighted by Crippen LogP contribution is 2.32. The van der Waals surface area contributed by atoms with Crippen molar-refractivity contribution >= 4 is 11.8 Å². The Morgan fingerprint density at radius 3 is 2.62 bits per heavy atom. The molecule has 0 aliphatic carbocycles. The smallest absolute Gasteiger partial charge is 0.231 e. The minimum Gasteiger partial charge on any atom is -0.454 e. The maximum Gasteiger partial charge on any atom is 0.231 e. The number of rotatable bonds is 5. The van der Waals surface area contributed by atoms with Crippen LogP contribution in [0.25, 0.3) is 0 Å². The highest BCUT2D eigenvalue weighted by Gasteiger charge is 2.19. The van der Waals surface area contributed by atoms with E-state index in [1.54, 1.807) is 11.8 Å². The molecule has 2 aliphatic rings. The lowest BCUT2D eigenvalue weighted by molar-refractivity contribution is -0.134. The summed E-state index contributed by atoms with van der Waals surface area (Å²) in [7, 11) is 0. The van der Waals surface area contributed by atoms with Gasteiger partial charge in [0.1, 0.15) is 0 Å². The van der Waals surface area contributed by atoms with Gasteiger partial charge in [-0.2, -0.15) is 0 Å². The molecule has 3 rings (SSSR count). The molecule has 0 N–H and O–H groups in total. The fourth-order valence-electron chi connectivity index (χ4n) is 3.14. The number of ether oxygens (including phenoxy) is 2. The first kappa shape index (κ1) is 16.6. The minimum absolute atomic E-state index is 0.0286. The molecular weight excluding hydrogens is 308 g/mol. The maximum absolute atomic E-state index is 12.3. The molecule has 1 fully saturated rings. The number of hydrogen-bond donors (Lipinski definition) is 0. The van der Waals surface area contributed by atoms with Gasteiger partial charge in [0.05, 0.1) is 0 Å². The third-order valence-electron chi connectivity index (χ3n) is 4.56. The first-order chi connectivity index (χ1) is 11.6. The zero-order chi connectivity index (χ0) is 16.9. The molecule has 2 heterocycles. The molecule has 2 aliphatic heterocycles. The summed E-state index contributed by atoms with van der Waals surface area (Å²) in [4.78, 5) is 27.8. The number of likely N-dealkylation sites (tertiary alicyclic amines) is 1. The molecule has 6 nitrogen and oxygen atoms in total. The second-order valence-corrected chi connectivity index (χ2v) is 6.32. The Morgan fingerprint density at radius 2 is 1.88 bits per heavy atom. The summed E-state index contributed by atoms with van der Waals surface area (Å²) in [6.07, 6.45) is 3.75. The standard InChI is InChI=1S/C18H24N2O4/c1-14(21)20(10-7-18(22)19-8-3-2-4-9-19)12-15-5-6-16-17(11-15)24-13-23-16/h5-6,11H,2-4,7-10,12-13H2,1H3. The van der Waals surface area contributed by atoms with Gasteiger partial charge in [-0.1, -0.05) is 6.07 Å². The van der Waals surface area contributed by atoms with Gasteiger partial charge in [0.15, 0.2) is 11.5 Å². The van der Waals surface area contributed by atoms with Crippen molar-refractivity contribution in [3.05, 3.63) is 23.8 Å². The summed E-state index contributed by atoms with van der Waals surface area (Å²) in [5.41, 5.74) is 0.972. The molecule has 0 radical (unpaired) electrons. The first-order valence-corrected chi connectivity index (χ1v) is 8.55. The fourth-order valence-corrected chi connectivity index (χ4v) is 3.14. The summed E-state index contributed by atoms with van der Waals surface area (Å²) in [5.74, 6) is 1.56. The number of carbonyl (C=O) groups excluding carboxylic acids is 2. The van der Waals surface area contributed by atoms with Crippen LogP contribution in [0.4, 0.5) is 0 Å². The van der Waals surface area contributed by atoms with E-state index in [1.807, 2.05) is 23.1 Å². The highest BCUT2D eigenvalue weighted by molar-refractivity contribution is 5.78. The largest absolute Gasteiger partial charge is 0.454 e. The molecule has 1 aromatic carbocycles. The van der Waals surface area contributed by atoms with Crippen LogP contribution in [0, 0.1) is 0 Å². The van der Waals surface area contributed by atoms with Crippen LogP contribution in [-0.2, 0) is 16.1 Å². The Kier molecular flexibility index (Phi) is 5.23. The van der Waals surface area contributed by atoms with E-state index in [1.165, 1.54) is 6.42 Å². The van der Waals surface area contributed by atoms with Crippen molar-refractivity contribution in [3.63, 3.8) is 0 Å². The Labute approximate surface area is 142 Å². The highest BCUT2D eigenvalue weighted by atomic mass is 16.7. The van der Waals surface area contributed by atoms with Gasteiger partial charge in [-0.25, -0.2) is 0 Å². The van der Waals surface area contributed by atoms with Gasteiger partial charge >= 0.3 is 0 Å². The summed E-state index contributed by atoms with van der Waals surface area (Å²) >= 11 is 0. The summed E-state index contributed by atoms with van der Waals surface area (Å²) in [6.45, 7) is 4.39. The van der Waals surface area contributed by atoms with Crippen LogP contribution in [-0.4, -0.2) is 48.0 Å². The molecule has 1 aromatic rings. The Balaban J connectivity index is 1.56. The van der Waals surface area contributed by atoms with Gasteiger partial charge in [0.2, 0.25) is 18.6 Å². The summed E-state index contributed by atoms with van der Waals surface area (Å²) < 4.78 is 10.7. The molecule has 1 saturated heterocycles. The maximum atomic E-state index is 12.3. The van der Waals surface area contributed by atoms with Crippen LogP contribution in [0.3, 0.4) is 0 Å². The third-order valence-corrected chi connectivity index (χ3v) is 4.56. The molecular formula is C18H24N2O4. The number of carbonyl (C=O) groups is 2. The van der Waals surface area contributed by atoms with Gasteiger partial charge in [0.25, 0.3) is 0 Å². The number of nitrogens with zero attached hydrogens (tertiary/aromatic N) is 2. The fraction of sp³-hybridized carbons (Fsp3) is 0.556. The van der Waals surface area contributed by atoms with Crippen LogP contribution in [0.5, 0.6) is 11.5 Å². The minimum atomic E-state index is -0.0286. The van der Waals surface area contributed by atoms with Gasteiger partial charge in [-0.3, -0.25) is 9.59 Å². The Bertz CT molecular complexity index is 611. The number of amides is 2. The van der Waals surface area contributed by atoms with Gasteiger partial charge in [-0.15, -0.1) is 0 Å². The van der Waals surface area contributed by atoms with Crippen molar-refractivity contribution in [3.8, 4) is 11.5 Å². The average molecular weight is 332 g/mol. The second-order valence-electron chi connectivity index (χ2n) is 6.32. The molecule has 0 unspecified atom stereocenters. The van der Waals surface area contributed by atoms with E-state index in [0.717, 1.165) is 37.2 Å². The number of hydrogen-bond acceptors (Lipinski definition) is 4.